The molecule has 0 aromatic carbocycles. The third-order valence-electron chi connectivity index (χ3n) is 0.586. The molecule has 2 atom stereocenters. The van der Waals surface area contributed by atoms with Gasteiger partial charge in [-0.1, -0.05) is 23.2 Å². The molecule has 0 saturated heterocycles. The Morgan fingerprint density at radius 2 is 2.00 bits per heavy atom. The lowest BCUT2D eigenvalue weighted by Crippen LogP contribution is -2.30. The summed E-state index contributed by atoms with van der Waals surface area (Å²) in [5, 5.41) is 2.29. The van der Waals surface area contributed by atoms with Crippen LogP contribution in [0.15, 0.2) is 0 Å². The van der Waals surface area contributed by atoms with Crippen molar-refractivity contribution in [3.8, 4) is 0 Å². The number of amides is 1. The Kier molecular flexibility index (Phi) is 4.56. The summed E-state index contributed by atoms with van der Waals surface area (Å²) >= 11 is 10.7. The molecule has 1 N–H and O–H groups in total. The van der Waals surface area contributed by atoms with Gasteiger partial charge in [-0.05, 0) is 13.8 Å². The zero-order chi connectivity index (χ0) is 8.15. The number of rotatable bonds is 2. The van der Waals surface area contributed by atoms with Crippen molar-refractivity contribution < 1.29 is 9.53 Å². The first-order valence-electron chi connectivity index (χ1n) is 2.77. The zero-order valence-electron chi connectivity index (χ0n) is 5.73. The van der Waals surface area contributed by atoms with E-state index in [0.717, 1.165) is 0 Å². The van der Waals surface area contributed by atoms with E-state index in [4.69, 9.17) is 23.2 Å². The maximum Gasteiger partial charge on any atom is 0.409 e. The Bertz CT molecular complexity index is 104. The van der Waals surface area contributed by atoms with Crippen molar-refractivity contribution in [2.75, 3.05) is 0 Å². The second-order valence-corrected chi connectivity index (χ2v) is 2.98. The van der Waals surface area contributed by atoms with Crippen molar-refractivity contribution in [2.24, 2.45) is 0 Å². The number of carbonyl (C=O) groups is 1. The fourth-order valence-corrected chi connectivity index (χ4v) is 0.514. The van der Waals surface area contributed by atoms with Crippen LogP contribution in [0.3, 0.4) is 0 Å². The Morgan fingerprint density at radius 1 is 1.50 bits per heavy atom. The van der Waals surface area contributed by atoms with Gasteiger partial charge in [0.05, 0.1) is 0 Å². The molecule has 0 bridgehead atoms. The zero-order valence-corrected chi connectivity index (χ0v) is 7.24. The Hall–Kier alpha value is -0.150. The van der Waals surface area contributed by atoms with Gasteiger partial charge in [0.2, 0.25) is 0 Å². The lowest BCUT2D eigenvalue weighted by molar-refractivity contribution is 0.138. The van der Waals surface area contributed by atoms with Gasteiger partial charge in [-0.3, -0.25) is 0 Å². The second-order valence-electron chi connectivity index (χ2n) is 1.71. The SMILES string of the molecule is CC(Cl)NC(=O)OC(C)Cl. The van der Waals surface area contributed by atoms with Crippen molar-refractivity contribution >= 4 is 29.3 Å². The van der Waals surface area contributed by atoms with Crippen LogP contribution in [0.1, 0.15) is 13.8 Å². The van der Waals surface area contributed by atoms with Crippen molar-refractivity contribution in [3.63, 3.8) is 0 Å². The first kappa shape index (κ1) is 9.85. The number of hydrogen-bond acceptors (Lipinski definition) is 2. The maximum atomic E-state index is 10.6. The fraction of sp³-hybridized carbons (Fsp3) is 0.800. The molecule has 0 aliphatic carbocycles. The fourth-order valence-electron chi connectivity index (χ4n) is 0.344. The summed E-state index contributed by atoms with van der Waals surface area (Å²) in [6, 6.07) is 0. The van der Waals surface area contributed by atoms with E-state index in [1.54, 1.807) is 13.8 Å². The normalized spacial score (nSPS) is 15.6. The van der Waals surface area contributed by atoms with Crippen LogP contribution in [-0.4, -0.2) is 17.2 Å². The number of alkyl carbamates (subject to hydrolysis) is 1. The van der Waals surface area contributed by atoms with E-state index in [0.29, 0.717) is 0 Å². The van der Waals surface area contributed by atoms with Crippen LogP contribution >= 0.6 is 23.2 Å². The molecule has 0 fully saturated rings. The smallest absolute Gasteiger partial charge is 0.409 e. The molecule has 1 amide bonds. The minimum absolute atomic E-state index is 0.442. The maximum absolute atomic E-state index is 10.6. The molecule has 0 aliphatic rings. The predicted octanol–water partition coefficient (Wildman–Crippen LogP) is 1.88. The Labute approximate surface area is 69.6 Å². The Morgan fingerprint density at radius 3 is 2.30 bits per heavy atom. The van der Waals surface area contributed by atoms with Gasteiger partial charge in [-0.2, -0.15) is 0 Å². The number of alkyl halides is 2. The number of hydrogen-bond donors (Lipinski definition) is 1. The van der Waals surface area contributed by atoms with Crippen LogP contribution in [0, 0.1) is 0 Å². The monoisotopic (exact) mass is 185 g/mol. The van der Waals surface area contributed by atoms with Crippen molar-refractivity contribution in [1.29, 1.82) is 0 Å². The summed E-state index contributed by atoms with van der Waals surface area (Å²) < 4.78 is 4.49. The number of nitrogens with one attached hydrogen (secondary N) is 1. The lowest BCUT2D eigenvalue weighted by Gasteiger charge is -2.08. The largest absolute Gasteiger partial charge is 0.430 e. The summed E-state index contributed by atoms with van der Waals surface area (Å²) in [6.07, 6.45) is -0.606. The van der Waals surface area contributed by atoms with Gasteiger partial charge in [0.25, 0.3) is 0 Å². The van der Waals surface area contributed by atoms with Crippen LogP contribution in [0.2, 0.25) is 0 Å². The summed E-state index contributed by atoms with van der Waals surface area (Å²) in [5.74, 6) is 0. The van der Waals surface area contributed by atoms with E-state index in [-0.39, 0.29) is 0 Å². The summed E-state index contributed by atoms with van der Waals surface area (Å²) in [5.41, 5.74) is -1.07. The van der Waals surface area contributed by atoms with Crippen LogP contribution in [0.5, 0.6) is 0 Å². The minimum atomic E-state index is -0.629. The molecule has 0 saturated carbocycles. The predicted molar refractivity (Wildman–Crippen MR) is 40.2 cm³/mol. The molecule has 5 heteroatoms. The van der Waals surface area contributed by atoms with Gasteiger partial charge in [0, 0.05) is 0 Å². The standard InChI is InChI=1S/C5H9Cl2NO2/c1-3(6)8-5(9)10-4(2)7/h3-4H,1-2H3,(H,8,9). The summed E-state index contributed by atoms with van der Waals surface area (Å²) in [7, 11) is 0. The molecule has 10 heavy (non-hydrogen) atoms. The second kappa shape index (κ2) is 4.63. The molecule has 0 spiro atoms. The van der Waals surface area contributed by atoms with Crippen molar-refractivity contribution in [2.45, 2.75) is 24.9 Å². The molecule has 60 valence electrons. The van der Waals surface area contributed by atoms with E-state index >= 15 is 0 Å². The van der Waals surface area contributed by atoms with Crippen LogP contribution in [0.25, 0.3) is 0 Å². The number of ether oxygens (including phenoxy) is 1. The van der Waals surface area contributed by atoms with Crippen LogP contribution < -0.4 is 5.32 Å². The molecule has 0 aliphatic heterocycles. The van der Waals surface area contributed by atoms with Gasteiger partial charge in [-0.15, -0.1) is 0 Å². The Balaban J connectivity index is 3.44. The van der Waals surface area contributed by atoms with Gasteiger partial charge in [0.15, 0.2) is 5.56 Å². The molecule has 2 unspecified atom stereocenters. The highest BCUT2D eigenvalue weighted by molar-refractivity contribution is 6.21. The van der Waals surface area contributed by atoms with E-state index in [1.807, 2.05) is 0 Å². The molecule has 0 aromatic rings. The van der Waals surface area contributed by atoms with Gasteiger partial charge in [0.1, 0.15) is 5.50 Å². The topological polar surface area (TPSA) is 38.3 Å². The van der Waals surface area contributed by atoms with Crippen LogP contribution in [0.4, 0.5) is 4.79 Å². The molecule has 0 aromatic heterocycles. The number of carbonyl (C=O) groups excluding carboxylic acids is 1. The van der Waals surface area contributed by atoms with Gasteiger partial charge in [-0.25, -0.2) is 4.79 Å². The third kappa shape index (κ3) is 5.98. The van der Waals surface area contributed by atoms with Crippen molar-refractivity contribution in [1.82, 2.24) is 5.32 Å². The molecular weight excluding hydrogens is 177 g/mol. The summed E-state index contributed by atoms with van der Waals surface area (Å²) in [4.78, 5) is 10.6. The van der Waals surface area contributed by atoms with Gasteiger partial charge >= 0.3 is 6.09 Å². The first-order valence-corrected chi connectivity index (χ1v) is 3.65. The highest BCUT2D eigenvalue weighted by Crippen LogP contribution is 1.97. The lowest BCUT2D eigenvalue weighted by atomic mass is 10.7. The number of halogens is 2. The average Bonchev–Trinajstić information content (AvgIpc) is 1.58. The average molecular weight is 186 g/mol. The molecule has 0 radical (unpaired) electrons. The molecule has 0 rings (SSSR count). The van der Waals surface area contributed by atoms with E-state index in [9.17, 15) is 4.79 Å². The van der Waals surface area contributed by atoms with E-state index in [1.165, 1.54) is 0 Å². The van der Waals surface area contributed by atoms with Gasteiger partial charge < -0.3 is 10.1 Å². The summed E-state index contributed by atoms with van der Waals surface area (Å²) in [6.45, 7) is 3.15. The quantitative estimate of drug-likeness (QED) is 0.528. The van der Waals surface area contributed by atoms with Crippen molar-refractivity contribution in [3.05, 3.63) is 0 Å². The van der Waals surface area contributed by atoms with Crippen LogP contribution in [-0.2, 0) is 4.74 Å². The van der Waals surface area contributed by atoms with E-state index < -0.39 is 17.2 Å². The molecule has 0 heterocycles. The highest BCUT2D eigenvalue weighted by Gasteiger charge is 2.06. The molecule has 3 nitrogen and oxygen atoms in total. The first-order chi connectivity index (χ1) is 4.52. The minimum Gasteiger partial charge on any atom is -0.430 e. The highest BCUT2D eigenvalue weighted by atomic mass is 35.5. The molecular formula is C5H9Cl2NO2. The third-order valence-corrected chi connectivity index (χ3v) is 0.784. The van der Waals surface area contributed by atoms with E-state index in [2.05, 4.69) is 10.1 Å².